The van der Waals surface area contributed by atoms with Crippen LogP contribution in [0.15, 0.2) is 87.8 Å². The van der Waals surface area contributed by atoms with E-state index in [4.69, 9.17) is 16.3 Å². The van der Waals surface area contributed by atoms with Gasteiger partial charge in [0, 0.05) is 45.4 Å². The van der Waals surface area contributed by atoms with E-state index in [0.717, 1.165) is 27.7 Å². The second kappa shape index (κ2) is 11.9. The highest BCUT2D eigenvalue weighted by Gasteiger charge is 2.34. The Morgan fingerprint density at radius 1 is 1.11 bits per heavy atom. The number of benzene rings is 3. The summed E-state index contributed by atoms with van der Waals surface area (Å²) in [4.78, 5) is 43.9. The number of rotatable bonds is 7. The normalized spacial score (nSPS) is 14.9. The van der Waals surface area contributed by atoms with Gasteiger partial charge in [0.2, 0.25) is 0 Å². The number of nitro groups is 1. The van der Waals surface area contributed by atoms with Crippen LogP contribution >= 0.6 is 22.9 Å². The van der Waals surface area contributed by atoms with E-state index in [0.29, 0.717) is 37.7 Å². The van der Waals surface area contributed by atoms with E-state index in [1.807, 2.05) is 61.5 Å². The van der Waals surface area contributed by atoms with Crippen LogP contribution in [0, 0.1) is 24.0 Å². The number of aromatic nitrogens is 2. The SMILES string of the molecule is CCOC(=O)C1=C(C)N=c2sc(=Cc3c(C)n(Cc4ccccc4Cl)c4ccccc34)c(=O)n2C1c1ccc(C)c([N+](=O)[O-])c1. The molecule has 228 valence electrons. The van der Waals surface area contributed by atoms with Crippen LogP contribution in [0.3, 0.4) is 0 Å². The van der Waals surface area contributed by atoms with Gasteiger partial charge in [-0.2, -0.15) is 0 Å². The zero-order valence-corrected chi connectivity index (χ0v) is 26.6. The molecule has 0 radical (unpaired) electrons. The molecule has 11 heteroatoms. The summed E-state index contributed by atoms with van der Waals surface area (Å²) in [6.45, 7) is 7.71. The molecule has 1 unspecified atom stereocenters. The number of carbonyl (C=O) groups is 1. The Hall–Kier alpha value is -4.80. The average molecular weight is 641 g/mol. The highest BCUT2D eigenvalue weighted by atomic mass is 35.5. The van der Waals surface area contributed by atoms with Crippen LogP contribution in [-0.2, 0) is 16.1 Å². The molecule has 6 rings (SSSR count). The van der Waals surface area contributed by atoms with Crippen molar-refractivity contribution in [1.82, 2.24) is 9.13 Å². The molecule has 0 spiro atoms. The third-order valence-electron chi connectivity index (χ3n) is 8.10. The zero-order chi connectivity index (χ0) is 32.0. The molecule has 1 atom stereocenters. The van der Waals surface area contributed by atoms with Gasteiger partial charge in [-0.25, -0.2) is 9.79 Å². The Morgan fingerprint density at radius 2 is 1.84 bits per heavy atom. The number of hydrogen-bond acceptors (Lipinski definition) is 7. The maximum Gasteiger partial charge on any atom is 0.338 e. The van der Waals surface area contributed by atoms with Gasteiger partial charge in [-0.3, -0.25) is 19.5 Å². The predicted octanol–water partition coefficient (Wildman–Crippen LogP) is 5.98. The Labute approximate surface area is 267 Å². The van der Waals surface area contributed by atoms with E-state index in [1.54, 1.807) is 32.9 Å². The van der Waals surface area contributed by atoms with Gasteiger partial charge in [-0.15, -0.1) is 0 Å². The van der Waals surface area contributed by atoms with Crippen LogP contribution in [0.5, 0.6) is 0 Å². The summed E-state index contributed by atoms with van der Waals surface area (Å²) in [5.41, 5.74) is 4.80. The maximum absolute atomic E-state index is 14.3. The van der Waals surface area contributed by atoms with Gasteiger partial charge in [-0.1, -0.05) is 71.5 Å². The number of allylic oxidation sites excluding steroid dienone is 1. The molecule has 0 saturated heterocycles. The number of fused-ring (bicyclic) bond motifs is 2. The third kappa shape index (κ3) is 5.30. The number of nitro benzene ring substituents is 1. The maximum atomic E-state index is 14.3. The smallest absolute Gasteiger partial charge is 0.338 e. The first-order valence-electron chi connectivity index (χ1n) is 14.4. The number of nitrogens with zero attached hydrogens (tertiary/aromatic N) is 4. The Balaban J connectivity index is 1.57. The lowest BCUT2D eigenvalue weighted by Gasteiger charge is -2.24. The fourth-order valence-corrected chi connectivity index (χ4v) is 7.10. The minimum absolute atomic E-state index is 0.102. The highest BCUT2D eigenvalue weighted by Crippen LogP contribution is 2.34. The molecular formula is C34H29ClN4O5S. The number of halogens is 1. The summed E-state index contributed by atoms with van der Waals surface area (Å²) in [6, 6.07) is 19.5. The molecule has 0 bridgehead atoms. The van der Waals surface area contributed by atoms with Crippen molar-refractivity contribution in [3.8, 4) is 0 Å². The molecule has 45 heavy (non-hydrogen) atoms. The molecule has 0 saturated carbocycles. The van der Waals surface area contributed by atoms with Crippen molar-refractivity contribution in [2.24, 2.45) is 4.99 Å². The molecule has 0 fully saturated rings. The zero-order valence-electron chi connectivity index (χ0n) is 25.0. The quantitative estimate of drug-likeness (QED) is 0.124. The van der Waals surface area contributed by atoms with Gasteiger partial charge >= 0.3 is 5.97 Å². The van der Waals surface area contributed by atoms with E-state index in [9.17, 15) is 19.7 Å². The second-order valence-corrected chi connectivity index (χ2v) is 12.2. The number of para-hydroxylation sites is 1. The molecule has 3 aromatic carbocycles. The summed E-state index contributed by atoms with van der Waals surface area (Å²) < 4.78 is 9.41. The standard InChI is InChI=1S/C34H29ClN4O5S/c1-5-44-33(41)30-20(3)36-34-38(31(30)22-15-14-19(2)28(16-22)39(42)43)32(40)29(45-34)17-25-21(4)37(27-13-9-7-11-24(25)27)18-23-10-6-8-12-26(23)35/h6-17,31H,5,18H2,1-4H3. The second-order valence-electron chi connectivity index (χ2n) is 10.8. The van der Waals surface area contributed by atoms with E-state index in [2.05, 4.69) is 9.56 Å². The van der Waals surface area contributed by atoms with Crippen molar-refractivity contribution in [3.63, 3.8) is 0 Å². The molecule has 3 heterocycles. The van der Waals surface area contributed by atoms with Crippen molar-refractivity contribution in [2.45, 2.75) is 40.3 Å². The van der Waals surface area contributed by atoms with Gasteiger partial charge in [-0.05, 0) is 57.0 Å². The lowest BCUT2D eigenvalue weighted by Crippen LogP contribution is -2.40. The molecule has 0 amide bonds. The molecule has 9 nitrogen and oxygen atoms in total. The van der Waals surface area contributed by atoms with Crippen molar-refractivity contribution < 1.29 is 14.5 Å². The van der Waals surface area contributed by atoms with E-state index >= 15 is 0 Å². The first-order valence-corrected chi connectivity index (χ1v) is 15.6. The van der Waals surface area contributed by atoms with Crippen LogP contribution in [0.25, 0.3) is 17.0 Å². The number of thiazole rings is 1. The van der Waals surface area contributed by atoms with Crippen molar-refractivity contribution in [3.05, 3.63) is 141 Å². The third-order valence-corrected chi connectivity index (χ3v) is 9.46. The van der Waals surface area contributed by atoms with E-state index in [-0.39, 0.29) is 23.4 Å². The molecular weight excluding hydrogens is 612 g/mol. The van der Waals surface area contributed by atoms with Gasteiger partial charge in [0.25, 0.3) is 11.2 Å². The fourth-order valence-electron chi connectivity index (χ4n) is 5.87. The predicted molar refractivity (Wildman–Crippen MR) is 175 cm³/mol. The molecule has 5 aromatic rings. The lowest BCUT2D eigenvalue weighted by atomic mass is 9.94. The summed E-state index contributed by atoms with van der Waals surface area (Å²) in [5, 5.41) is 13.5. The van der Waals surface area contributed by atoms with Crippen molar-refractivity contribution in [1.29, 1.82) is 0 Å². The lowest BCUT2D eigenvalue weighted by molar-refractivity contribution is -0.385. The minimum atomic E-state index is -0.954. The monoisotopic (exact) mass is 640 g/mol. The molecule has 1 aliphatic heterocycles. The number of carbonyl (C=O) groups excluding carboxylic acids is 1. The Morgan fingerprint density at radius 3 is 2.58 bits per heavy atom. The molecule has 2 aromatic heterocycles. The average Bonchev–Trinajstić information content (AvgIpc) is 3.46. The highest BCUT2D eigenvalue weighted by molar-refractivity contribution is 7.07. The van der Waals surface area contributed by atoms with Crippen LogP contribution in [0.2, 0.25) is 5.02 Å². The first kappa shape index (κ1) is 30.2. The van der Waals surface area contributed by atoms with Crippen LogP contribution in [-0.4, -0.2) is 26.6 Å². The molecule has 1 aliphatic rings. The van der Waals surface area contributed by atoms with Crippen LogP contribution in [0.1, 0.15) is 47.8 Å². The topological polar surface area (TPSA) is 109 Å². The minimum Gasteiger partial charge on any atom is -0.463 e. The first-order chi connectivity index (χ1) is 21.6. The molecule has 0 aliphatic carbocycles. The van der Waals surface area contributed by atoms with Gasteiger partial charge < -0.3 is 9.30 Å². The number of esters is 1. The van der Waals surface area contributed by atoms with Crippen LogP contribution in [0.4, 0.5) is 5.69 Å². The van der Waals surface area contributed by atoms with E-state index < -0.39 is 16.9 Å². The summed E-state index contributed by atoms with van der Waals surface area (Å²) >= 11 is 7.72. The Bertz CT molecular complexity index is 2240. The Kier molecular flexibility index (Phi) is 8.03. The van der Waals surface area contributed by atoms with Gasteiger partial charge in [0.15, 0.2) is 4.80 Å². The van der Waals surface area contributed by atoms with Crippen molar-refractivity contribution >= 4 is 51.6 Å². The summed E-state index contributed by atoms with van der Waals surface area (Å²) in [7, 11) is 0. The largest absolute Gasteiger partial charge is 0.463 e. The molecule has 0 N–H and O–H groups in total. The van der Waals surface area contributed by atoms with Crippen LogP contribution < -0.4 is 14.9 Å². The summed E-state index contributed by atoms with van der Waals surface area (Å²) in [6.07, 6.45) is 1.86. The number of hydrogen-bond donors (Lipinski definition) is 0. The van der Waals surface area contributed by atoms with Gasteiger partial charge in [0.05, 0.1) is 33.4 Å². The fraction of sp³-hybridized carbons (Fsp3) is 0.206. The van der Waals surface area contributed by atoms with Gasteiger partial charge in [0.1, 0.15) is 0 Å². The summed E-state index contributed by atoms with van der Waals surface area (Å²) in [5.74, 6) is -0.625. The van der Waals surface area contributed by atoms with Crippen molar-refractivity contribution in [2.75, 3.05) is 6.61 Å². The number of aryl methyl sites for hydroxylation is 1. The van der Waals surface area contributed by atoms with E-state index in [1.165, 1.54) is 22.0 Å². The number of ether oxygens (including phenoxy) is 1.